The van der Waals surface area contributed by atoms with Crippen LogP contribution in [0.15, 0.2) is 24.3 Å². The van der Waals surface area contributed by atoms with Gasteiger partial charge in [0.05, 0.1) is 19.8 Å². The third-order valence-electron chi connectivity index (χ3n) is 3.10. The maximum atomic E-state index is 12.9. The van der Waals surface area contributed by atoms with Crippen molar-refractivity contribution in [3.05, 3.63) is 30.1 Å². The van der Waals surface area contributed by atoms with Crippen LogP contribution in [0.1, 0.15) is 0 Å². The summed E-state index contributed by atoms with van der Waals surface area (Å²) >= 11 is 0. The van der Waals surface area contributed by atoms with Gasteiger partial charge in [-0.05, 0) is 18.2 Å². The highest BCUT2D eigenvalue weighted by atomic mass is 19.1. The zero-order valence-electron chi connectivity index (χ0n) is 11.4. The lowest BCUT2D eigenvalue weighted by Crippen LogP contribution is -2.41. The average Bonchev–Trinajstić information content (AvgIpc) is 2.45. The molecular formula is C14H20FN3O2. The normalized spacial score (nSPS) is 16.1. The number of hydrogen-bond donors (Lipinski definition) is 2. The SMILES string of the molecule is O=C(CNCCN1CCOCC1)Nc1cccc(F)c1. The number of amides is 1. The maximum Gasteiger partial charge on any atom is 0.238 e. The fourth-order valence-electron chi connectivity index (χ4n) is 2.04. The summed E-state index contributed by atoms with van der Waals surface area (Å²) in [5, 5.41) is 5.73. The Bertz CT molecular complexity index is 436. The number of nitrogens with one attached hydrogen (secondary N) is 2. The molecule has 0 aromatic heterocycles. The smallest absolute Gasteiger partial charge is 0.238 e. The van der Waals surface area contributed by atoms with E-state index in [0.717, 1.165) is 39.4 Å². The van der Waals surface area contributed by atoms with Gasteiger partial charge < -0.3 is 15.4 Å². The second kappa shape index (κ2) is 7.94. The standard InChI is InChI=1S/C14H20FN3O2/c15-12-2-1-3-13(10-12)17-14(19)11-16-4-5-18-6-8-20-9-7-18/h1-3,10,16H,4-9,11H2,(H,17,19). The van der Waals surface area contributed by atoms with Gasteiger partial charge >= 0.3 is 0 Å². The molecule has 20 heavy (non-hydrogen) atoms. The van der Waals surface area contributed by atoms with Gasteiger partial charge in [-0.25, -0.2) is 4.39 Å². The van der Waals surface area contributed by atoms with E-state index in [1.165, 1.54) is 12.1 Å². The minimum atomic E-state index is -0.358. The lowest BCUT2D eigenvalue weighted by molar-refractivity contribution is -0.115. The molecule has 1 aliphatic heterocycles. The fourth-order valence-corrected chi connectivity index (χ4v) is 2.04. The Kier molecular flexibility index (Phi) is 5.91. The van der Waals surface area contributed by atoms with Gasteiger partial charge in [-0.3, -0.25) is 9.69 Å². The van der Waals surface area contributed by atoms with Crippen LogP contribution in [0.25, 0.3) is 0 Å². The molecule has 0 unspecified atom stereocenters. The Labute approximate surface area is 118 Å². The Morgan fingerprint density at radius 2 is 2.15 bits per heavy atom. The number of carbonyl (C=O) groups excluding carboxylic acids is 1. The number of ether oxygens (including phenoxy) is 1. The van der Waals surface area contributed by atoms with Gasteiger partial charge in [0, 0.05) is 31.9 Å². The second-order valence-corrected chi connectivity index (χ2v) is 4.69. The van der Waals surface area contributed by atoms with E-state index in [-0.39, 0.29) is 18.3 Å². The van der Waals surface area contributed by atoms with Gasteiger partial charge in [-0.2, -0.15) is 0 Å². The van der Waals surface area contributed by atoms with Crippen molar-refractivity contribution in [1.82, 2.24) is 10.2 Å². The predicted octanol–water partition coefficient (Wildman–Crippen LogP) is 0.686. The topological polar surface area (TPSA) is 53.6 Å². The fraction of sp³-hybridized carbons (Fsp3) is 0.500. The van der Waals surface area contributed by atoms with Crippen molar-refractivity contribution in [3.8, 4) is 0 Å². The van der Waals surface area contributed by atoms with Crippen molar-refractivity contribution in [2.45, 2.75) is 0 Å². The summed E-state index contributed by atoms with van der Waals surface area (Å²) in [6.45, 7) is 5.31. The van der Waals surface area contributed by atoms with E-state index in [9.17, 15) is 9.18 Å². The van der Waals surface area contributed by atoms with E-state index in [1.54, 1.807) is 12.1 Å². The first kappa shape index (κ1) is 14.9. The first-order chi connectivity index (χ1) is 9.74. The third-order valence-corrected chi connectivity index (χ3v) is 3.10. The molecule has 1 heterocycles. The van der Waals surface area contributed by atoms with Crippen molar-refractivity contribution >= 4 is 11.6 Å². The quantitative estimate of drug-likeness (QED) is 0.753. The molecule has 0 radical (unpaired) electrons. The van der Waals surface area contributed by atoms with Gasteiger partial charge in [0.2, 0.25) is 5.91 Å². The van der Waals surface area contributed by atoms with Crippen LogP contribution >= 0.6 is 0 Å². The van der Waals surface area contributed by atoms with Crippen LogP contribution in [0.3, 0.4) is 0 Å². The minimum Gasteiger partial charge on any atom is -0.379 e. The van der Waals surface area contributed by atoms with E-state index < -0.39 is 0 Å². The number of hydrogen-bond acceptors (Lipinski definition) is 4. The number of carbonyl (C=O) groups is 1. The Balaban J connectivity index is 1.60. The van der Waals surface area contributed by atoms with Gasteiger partial charge in [0.25, 0.3) is 0 Å². The van der Waals surface area contributed by atoms with Crippen molar-refractivity contribution < 1.29 is 13.9 Å². The zero-order valence-corrected chi connectivity index (χ0v) is 11.4. The average molecular weight is 281 g/mol. The summed E-state index contributed by atoms with van der Waals surface area (Å²) in [6, 6.07) is 5.87. The lowest BCUT2D eigenvalue weighted by atomic mass is 10.3. The lowest BCUT2D eigenvalue weighted by Gasteiger charge is -2.26. The van der Waals surface area contributed by atoms with Crippen LogP contribution in [-0.4, -0.2) is 56.7 Å². The van der Waals surface area contributed by atoms with Crippen LogP contribution in [0.5, 0.6) is 0 Å². The van der Waals surface area contributed by atoms with Crippen LogP contribution in [-0.2, 0) is 9.53 Å². The number of rotatable bonds is 6. The van der Waals surface area contributed by atoms with Gasteiger partial charge in [-0.15, -0.1) is 0 Å². The highest BCUT2D eigenvalue weighted by molar-refractivity contribution is 5.92. The zero-order chi connectivity index (χ0) is 14.2. The first-order valence-electron chi connectivity index (χ1n) is 6.80. The van der Waals surface area contributed by atoms with Crippen LogP contribution < -0.4 is 10.6 Å². The van der Waals surface area contributed by atoms with Gasteiger partial charge in [0.15, 0.2) is 0 Å². The maximum absolute atomic E-state index is 12.9. The van der Waals surface area contributed by atoms with E-state index in [2.05, 4.69) is 15.5 Å². The van der Waals surface area contributed by atoms with E-state index in [0.29, 0.717) is 5.69 Å². The molecule has 1 aliphatic rings. The molecule has 2 N–H and O–H groups in total. The number of benzene rings is 1. The largest absolute Gasteiger partial charge is 0.379 e. The number of anilines is 1. The molecule has 0 saturated carbocycles. The van der Waals surface area contributed by atoms with Crippen LogP contribution in [0.4, 0.5) is 10.1 Å². The molecule has 0 aliphatic carbocycles. The number of halogens is 1. The molecule has 2 rings (SSSR count). The third kappa shape index (κ3) is 5.24. The first-order valence-corrected chi connectivity index (χ1v) is 6.80. The Morgan fingerprint density at radius 1 is 1.35 bits per heavy atom. The summed E-state index contributed by atoms with van der Waals surface area (Å²) in [4.78, 5) is 13.9. The van der Waals surface area contributed by atoms with E-state index >= 15 is 0 Å². The molecule has 6 heteroatoms. The minimum absolute atomic E-state index is 0.169. The molecule has 1 fully saturated rings. The number of morpholine rings is 1. The molecule has 110 valence electrons. The van der Waals surface area contributed by atoms with Gasteiger partial charge in [0.1, 0.15) is 5.82 Å². The molecule has 1 aromatic rings. The summed E-state index contributed by atoms with van der Waals surface area (Å²) in [5.74, 6) is -0.527. The monoisotopic (exact) mass is 281 g/mol. The molecule has 5 nitrogen and oxygen atoms in total. The molecule has 1 amide bonds. The molecule has 1 aromatic carbocycles. The Hall–Kier alpha value is -1.50. The van der Waals surface area contributed by atoms with E-state index in [4.69, 9.17) is 4.74 Å². The summed E-state index contributed by atoms with van der Waals surface area (Å²) in [6.07, 6.45) is 0. The number of nitrogens with zero attached hydrogens (tertiary/aromatic N) is 1. The molecule has 0 bridgehead atoms. The van der Waals surface area contributed by atoms with Crippen molar-refractivity contribution in [2.75, 3.05) is 51.3 Å². The predicted molar refractivity (Wildman–Crippen MR) is 75.2 cm³/mol. The molecule has 1 saturated heterocycles. The van der Waals surface area contributed by atoms with Crippen molar-refractivity contribution in [3.63, 3.8) is 0 Å². The van der Waals surface area contributed by atoms with Crippen LogP contribution in [0, 0.1) is 5.82 Å². The molecule has 0 atom stereocenters. The molecule has 0 spiro atoms. The Morgan fingerprint density at radius 3 is 2.90 bits per heavy atom. The van der Waals surface area contributed by atoms with Crippen molar-refractivity contribution in [2.24, 2.45) is 0 Å². The highest BCUT2D eigenvalue weighted by Crippen LogP contribution is 2.08. The van der Waals surface area contributed by atoms with Crippen molar-refractivity contribution in [1.29, 1.82) is 0 Å². The van der Waals surface area contributed by atoms with Gasteiger partial charge in [-0.1, -0.05) is 6.07 Å². The van der Waals surface area contributed by atoms with Crippen LogP contribution in [0.2, 0.25) is 0 Å². The second-order valence-electron chi connectivity index (χ2n) is 4.69. The summed E-state index contributed by atoms with van der Waals surface area (Å²) < 4.78 is 18.2. The molecular weight excluding hydrogens is 261 g/mol. The highest BCUT2D eigenvalue weighted by Gasteiger charge is 2.09. The van der Waals surface area contributed by atoms with E-state index in [1.807, 2.05) is 0 Å². The summed E-state index contributed by atoms with van der Waals surface area (Å²) in [7, 11) is 0. The summed E-state index contributed by atoms with van der Waals surface area (Å²) in [5.41, 5.74) is 0.477.